The van der Waals surface area contributed by atoms with E-state index in [4.69, 9.17) is 0 Å². The first-order valence-electron chi connectivity index (χ1n) is 7.28. The molecular weight excluding hydrogens is 226 g/mol. The highest BCUT2D eigenvalue weighted by Crippen LogP contribution is 2.34. The maximum absolute atomic E-state index is 10.2. The zero-order valence-corrected chi connectivity index (χ0v) is 12.7. The number of rotatable bonds is 5. The monoisotopic (exact) mass is 257 g/mol. The first-order valence-corrected chi connectivity index (χ1v) is 7.28. The fourth-order valence-corrected chi connectivity index (χ4v) is 2.81. The van der Waals surface area contributed by atoms with Crippen LogP contribution < -0.4 is 0 Å². The quantitative estimate of drug-likeness (QED) is 0.793. The largest absolute Gasteiger partial charge is 0.394 e. The first kappa shape index (κ1) is 15.9. The van der Waals surface area contributed by atoms with E-state index in [9.17, 15) is 10.2 Å². The summed E-state index contributed by atoms with van der Waals surface area (Å²) in [5.41, 5.74) is -0.204. The van der Waals surface area contributed by atoms with Gasteiger partial charge in [0.2, 0.25) is 0 Å². The molecule has 0 aromatic heterocycles. The van der Waals surface area contributed by atoms with Gasteiger partial charge in [0.05, 0.1) is 12.7 Å². The van der Waals surface area contributed by atoms with Gasteiger partial charge in [0.15, 0.2) is 0 Å². The third kappa shape index (κ3) is 3.94. The van der Waals surface area contributed by atoms with Crippen LogP contribution in [0.15, 0.2) is 0 Å². The number of likely N-dealkylation sites (N-methyl/N-ethyl adjacent to an activating group) is 1. The standard InChI is InChI=1S/C15H31NO2/c1-11(2)12-6-7-14(18)13(8-12)9-16(5)15(3,4)10-17/h11-14,17-18H,6-10H2,1-5H3. The number of hydrogen-bond acceptors (Lipinski definition) is 3. The van der Waals surface area contributed by atoms with Crippen LogP contribution in [0.2, 0.25) is 0 Å². The number of aliphatic hydroxyl groups excluding tert-OH is 2. The lowest BCUT2D eigenvalue weighted by Crippen LogP contribution is -2.49. The second-order valence-corrected chi connectivity index (χ2v) is 7.00. The predicted molar refractivity (Wildman–Crippen MR) is 75.5 cm³/mol. The van der Waals surface area contributed by atoms with Crippen LogP contribution in [0.5, 0.6) is 0 Å². The van der Waals surface area contributed by atoms with Gasteiger partial charge in [0.1, 0.15) is 0 Å². The van der Waals surface area contributed by atoms with Gasteiger partial charge < -0.3 is 10.2 Å². The molecule has 0 saturated heterocycles. The summed E-state index contributed by atoms with van der Waals surface area (Å²) in [6.45, 7) is 9.67. The topological polar surface area (TPSA) is 43.7 Å². The van der Waals surface area contributed by atoms with Gasteiger partial charge in [-0.1, -0.05) is 13.8 Å². The zero-order valence-electron chi connectivity index (χ0n) is 12.7. The first-order chi connectivity index (χ1) is 8.27. The molecule has 0 aromatic carbocycles. The van der Waals surface area contributed by atoms with Gasteiger partial charge in [-0.3, -0.25) is 4.90 Å². The van der Waals surface area contributed by atoms with E-state index in [1.165, 1.54) is 0 Å². The van der Waals surface area contributed by atoms with Crippen molar-refractivity contribution in [3.63, 3.8) is 0 Å². The van der Waals surface area contributed by atoms with Crippen molar-refractivity contribution >= 4 is 0 Å². The minimum absolute atomic E-state index is 0.153. The second kappa shape index (κ2) is 6.36. The van der Waals surface area contributed by atoms with Crippen LogP contribution >= 0.6 is 0 Å². The highest BCUT2D eigenvalue weighted by molar-refractivity contribution is 4.86. The Bertz CT molecular complexity index is 253. The van der Waals surface area contributed by atoms with Gasteiger partial charge in [-0.15, -0.1) is 0 Å². The lowest BCUT2D eigenvalue weighted by atomic mass is 9.74. The molecule has 3 nitrogen and oxygen atoms in total. The molecule has 1 saturated carbocycles. The van der Waals surface area contributed by atoms with E-state index in [0.29, 0.717) is 11.8 Å². The summed E-state index contributed by atoms with van der Waals surface area (Å²) >= 11 is 0. The van der Waals surface area contributed by atoms with E-state index >= 15 is 0 Å². The molecule has 2 N–H and O–H groups in total. The Kier molecular flexibility index (Phi) is 5.63. The van der Waals surface area contributed by atoms with Gasteiger partial charge in [0.25, 0.3) is 0 Å². The van der Waals surface area contributed by atoms with Crippen molar-refractivity contribution < 1.29 is 10.2 Å². The van der Waals surface area contributed by atoms with Crippen LogP contribution in [-0.2, 0) is 0 Å². The molecule has 0 aromatic rings. The molecule has 1 fully saturated rings. The van der Waals surface area contributed by atoms with E-state index in [2.05, 4.69) is 18.7 Å². The van der Waals surface area contributed by atoms with Crippen LogP contribution in [0.1, 0.15) is 47.0 Å². The Labute approximate surface area is 112 Å². The maximum atomic E-state index is 10.2. The van der Waals surface area contributed by atoms with E-state index in [1.807, 2.05) is 20.9 Å². The van der Waals surface area contributed by atoms with Gasteiger partial charge in [-0.25, -0.2) is 0 Å². The molecule has 0 radical (unpaired) electrons. The van der Waals surface area contributed by atoms with Gasteiger partial charge in [-0.2, -0.15) is 0 Å². The number of nitrogens with zero attached hydrogens (tertiary/aromatic N) is 1. The zero-order chi connectivity index (χ0) is 13.9. The summed E-state index contributed by atoms with van der Waals surface area (Å²) in [7, 11) is 2.04. The van der Waals surface area contributed by atoms with Crippen LogP contribution in [-0.4, -0.2) is 47.0 Å². The van der Waals surface area contributed by atoms with Crippen LogP contribution in [0.4, 0.5) is 0 Å². The van der Waals surface area contributed by atoms with Gasteiger partial charge in [0, 0.05) is 12.1 Å². The van der Waals surface area contributed by atoms with Crippen molar-refractivity contribution in [2.24, 2.45) is 17.8 Å². The molecule has 0 heterocycles. The molecule has 1 rings (SSSR count). The molecule has 0 amide bonds. The smallest absolute Gasteiger partial charge is 0.0609 e. The highest BCUT2D eigenvalue weighted by atomic mass is 16.3. The predicted octanol–water partition coefficient (Wildman–Crippen LogP) is 2.12. The van der Waals surface area contributed by atoms with Crippen molar-refractivity contribution in [1.82, 2.24) is 4.90 Å². The molecule has 18 heavy (non-hydrogen) atoms. The molecular formula is C15H31NO2. The molecule has 3 unspecified atom stereocenters. The highest BCUT2D eigenvalue weighted by Gasteiger charge is 2.33. The SMILES string of the molecule is CC(C)C1CCC(O)C(CN(C)C(C)(C)CO)C1. The Balaban J connectivity index is 2.58. The molecule has 108 valence electrons. The summed E-state index contributed by atoms with van der Waals surface area (Å²) in [5, 5.41) is 19.6. The summed E-state index contributed by atoms with van der Waals surface area (Å²) in [4.78, 5) is 2.18. The van der Waals surface area contributed by atoms with Crippen molar-refractivity contribution in [2.75, 3.05) is 20.2 Å². The Morgan fingerprint density at radius 3 is 2.39 bits per heavy atom. The van der Waals surface area contributed by atoms with Crippen LogP contribution in [0.3, 0.4) is 0 Å². The maximum Gasteiger partial charge on any atom is 0.0609 e. The normalized spacial score (nSPS) is 30.2. The average Bonchev–Trinajstić information content (AvgIpc) is 2.31. The van der Waals surface area contributed by atoms with Crippen molar-refractivity contribution in [3.05, 3.63) is 0 Å². The number of hydrogen-bond donors (Lipinski definition) is 2. The van der Waals surface area contributed by atoms with Crippen LogP contribution in [0, 0.1) is 17.8 Å². The second-order valence-electron chi connectivity index (χ2n) is 7.00. The van der Waals surface area contributed by atoms with Crippen LogP contribution in [0.25, 0.3) is 0 Å². The minimum Gasteiger partial charge on any atom is -0.394 e. The summed E-state index contributed by atoms with van der Waals surface area (Å²) in [5.74, 6) is 1.79. The molecule has 1 aliphatic rings. The molecule has 3 heteroatoms. The molecule has 1 aliphatic carbocycles. The van der Waals surface area contributed by atoms with Crippen molar-refractivity contribution in [2.45, 2.75) is 58.6 Å². The summed E-state index contributed by atoms with van der Waals surface area (Å²) in [6, 6.07) is 0. The lowest BCUT2D eigenvalue weighted by Gasteiger charge is -2.41. The van der Waals surface area contributed by atoms with E-state index in [1.54, 1.807) is 0 Å². The summed E-state index contributed by atoms with van der Waals surface area (Å²) in [6.07, 6.45) is 3.03. The van der Waals surface area contributed by atoms with Gasteiger partial charge >= 0.3 is 0 Å². The lowest BCUT2D eigenvalue weighted by molar-refractivity contribution is -0.00532. The fourth-order valence-electron chi connectivity index (χ4n) is 2.81. The third-order valence-corrected chi connectivity index (χ3v) is 4.85. The minimum atomic E-state index is -0.204. The Hall–Kier alpha value is -0.120. The molecule has 0 bridgehead atoms. The van der Waals surface area contributed by atoms with Crippen molar-refractivity contribution in [1.29, 1.82) is 0 Å². The van der Waals surface area contributed by atoms with Crippen molar-refractivity contribution in [3.8, 4) is 0 Å². The number of aliphatic hydroxyl groups is 2. The Morgan fingerprint density at radius 2 is 1.89 bits per heavy atom. The average molecular weight is 257 g/mol. The molecule has 3 atom stereocenters. The van der Waals surface area contributed by atoms with E-state index in [0.717, 1.165) is 31.7 Å². The molecule has 0 aliphatic heterocycles. The van der Waals surface area contributed by atoms with E-state index < -0.39 is 0 Å². The van der Waals surface area contributed by atoms with Gasteiger partial charge in [-0.05, 0) is 57.9 Å². The summed E-state index contributed by atoms with van der Waals surface area (Å²) < 4.78 is 0. The Morgan fingerprint density at radius 1 is 1.28 bits per heavy atom. The third-order valence-electron chi connectivity index (χ3n) is 4.85. The molecule has 0 spiro atoms. The fraction of sp³-hybridized carbons (Fsp3) is 1.00. The van der Waals surface area contributed by atoms with E-state index in [-0.39, 0.29) is 18.2 Å².